The minimum atomic E-state index is 0.206. The topological polar surface area (TPSA) is 54.3 Å². The third kappa shape index (κ3) is 3.31. The quantitative estimate of drug-likeness (QED) is 0.855. The van der Waals surface area contributed by atoms with Gasteiger partial charge in [0, 0.05) is 19.5 Å². The lowest BCUT2D eigenvalue weighted by atomic mass is 10.1. The van der Waals surface area contributed by atoms with Crippen molar-refractivity contribution in [1.29, 1.82) is 0 Å². The number of fused-ring (bicyclic) bond motifs is 1. The zero-order chi connectivity index (χ0) is 17.2. The molecule has 1 aromatic heterocycles. The van der Waals surface area contributed by atoms with Gasteiger partial charge in [0.1, 0.15) is 0 Å². The Bertz CT molecular complexity index is 742. The van der Waals surface area contributed by atoms with Crippen molar-refractivity contribution >= 4 is 5.91 Å². The molecule has 1 aromatic carbocycles. The first-order valence-electron chi connectivity index (χ1n) is 9.16. The number of hydrogen-bond donors (Lipinski definition) is 0. The van der Waals surface area contributed by atoms with Gasteiger partial charge in [0.05, 0.1) is 12.6 Å². The van der Waals surface area contributed by atoms with E-state index in [1.807, 2.05) is 23.1 Å². The molecule has 25 heavy (non-hydrogen) atoms. The maximum absolute atomic E-state index is 12.6. The molecule has 0 aliphatic carbocycles. The number of rotatable bonds is 4. The summed E-state index contributed by atoms with van der Waals surface area (Å²) in [5.41, 5.74) is 1.21. The molecule has 2 aliphatic rings. The van der Waals surface area contributed by atoms with E-state index in [4.69, 9.17) is 0 Å². The average Bonchev–Trinajstić information content (AvgIpc) is 3.25. The van der Waals surface area contributed by atoms with Gasteiger partial charge in [0.15, 0.2) is 11.6 Å². The van der Waals surface area contributed by atoms with Crippen molar-refractivity contribution in [2.24, 2.45) is 0 Å². The molecule has 3 heterocycles. The van der Waals surface area contributed by atoms with Gasteiger partial charge in [-0.05, 0) is 38.4 Å². The van der Waals surface area contributed by atoms with E-state index in [1.54, 1.807) is 0 Å². The fraction of sp³-hybridized carbons (Fsp3) is 0.526. The molecule has 6 nitrogen and oxygen atoms in total. The van der Waals surface area contributed by atoms with Crippen molar-refractivity contribution in [2.75, 3.05) is 20.1 Å². The zero-order valence-electron chi connectivity index (χ0n) is 14.8. The van der Waals surface area contributed by atoms with Gasteiger partial charge in [-0.25, -0.2) is 0 Å². The number of carbonyl (C=O) groups excluding carboxylic acids is 1. The monoisotopic (exact) mass is 339 g/mol. The normalized spacial score (nSPS) is 20.7. The summed E-state index contributed by atoms with van der Waals surface area (Å²) >= 11 is 0. The number of hydrogen-bond acceptors (Lipinski definition) is 4. The molecule has 132 valence electrons. The van der Waals surface area contributed by atoms with E-state index in [-0.39, 0.29) is 5.91 Å². The number of aryl methyl sites for hydroxylation is 1. The second kappa shape index (κ2) is 6.96. The highest BCUT2D eigenvalue weighted by Gasteiger charge is 2.31. The van der Waals surface area contributed by atoms with Crippen molar-refractivity contribution < 1.29 is 4.79 Å². The summed E-state index contributed by atoms with van der Waals surface area (Å²) in [4.78, 5) is 16.8. The van der Waals surface area contributed by atoms with Crippen LogP contribution in [0, 0.1) is 0 Å². The van der Waals surface area contributed by atoms with Crippen molar-refractivity contribution in [3.8, 4) is 0 Å². The third-order valence-electron chi connectivity index (χ3n) is 5.42. The van der Waals surface area contributed by atoms with Gasteiger partial charge in [-0.15, -0.1) is 10.2 Å². The van der Waals surface area contributed by atoms with Crippen LogP contribution in [0.5, 0.6) is 0 Å². The van der Waals surface area contributed by atoms with Crippen LogP contribution in [0.2, 0.25) is 0 Å². The van der Waals surface area contributed by atoms with E-state index in [9.17, 15) is 4.79 Å². The highest BCUT2D eigenvalue weighted by molar-refractivity contribution is 5.76. The largest absolute Gasteiger partial charge is 0.333 e. The second-order valence-corrected chi connectivity index (χ2v) is 7.07. The van der Waals surface area contributed by atoms with Gasteiger partial charge in [-0.1, -0.05) is 30.3 Å². The smallest absolute Gasteiger partial charge is 0.223 e. The van der Waals surface area contributed by atoms with Gasteiger partial charge in [-0.2, -0.15) is 0 Å². The third-order valence-corrected chi connectivity index (χ3v) is 5.42. The molecule has 2 aliphatic heterocycles. The summed E-state index contributed by atoms with van der Waals surface area (Å²) in [7, 11) is 2.15. The van der Waals surface area contributed by atoms with E-state index in [0.717, 1.165) is 44.1 Å². The predicted molar refractivity (Wildman–Crippen MR) is 94.8 cm³/mol. The number of likely N-dealkylation sites (tertiary alicyclic amines) is 1. The Morgan fingerprint density at radius 2 is 2.00 bits per heavy atom. The van der Waals surface area contributed by atoms with E-state index in [0.29, 0.717) is 19.0 Å². The van der Waals surface area contributed by atoms with Crippen LogP contribution in [0.25, 0.3) is 0 Å². The molecule has 0 N–H and O–H groups in total. The maximum Gasteiger partial charge on any atom is 0.223 e. The van der Waals surface area contributed by atoms with Crippen LogP contribution >= 0.6 is 0 Å². The van der Waals surface area contributed by atoms with Crippen molar-refractivity contribution in [3.05, 3.63) is 47.5 Å². The van der Waals surface area contributed by atoms with Crippen LogP contribution in [0.15, 0.2) is 30.3 Å². The van der Waals surface area contributed by atoms with Crippen LogP contribution in [0.3, 0.4) is 0 Å². The Balaban J connectivity index is 1.39. The molecule has 0 bridgehead atoms. The second-order valence-electron chi connectivity index (χ2n) is 7.07. The fourth-order valence-corrected chi connectivity index (χ4v) is 3.93. The Morgan fingerprint density at radius 3 is 2.76 bits per heavy atom. The van der Waals surface area contributed by atoms with E-state index >= 15 is 0 Å². The Kier molecular flexibility index (Phi) is 4.53. The lowest BCUT2D eigenvalue weighted by Gasteiger charge is -2.29. The first kappa shape index (κ1) is 16.3. The molecule has 0 unspecified atom stereocenters. The number of benzene rings is 1. The maximum atomic E-state index is 12.6. The van der Waals surface area contributed by atoms with Gasteiger partial charge < -0.3 is 9.47 Å². The van der Waals surface area contributed by atoms with Gasteiger partial charge in [0.25, 0.3) is 0 Å². The Morgan fingerprint density at radius 1 is 1.16 bits per heavy atom. The molecule has 0 spiro atoms. The number of nitrogens with zero attached hydrogens (tertiary/aromatic N) is 5. The Labute approximate surface area is 148 Å². The van der Waals surface area contributed by atoms with E-state index < -0.39 is 0 Å². The van der Waals surface area contributed by atoms with Crippen molar-refractivity contribution in [2.45, 2.75) is 44.8 Å². The standard InChI is InChI=1S/C19H25N5O/c1-22-11-5-8-16(22)19-21-20-17-14-23(12-13-24(17)19)18(25)10-9-15-6-3-2-4-7-15/h2-4,6-7,16H,5,8-14H2,1H3/t16-/m1/s1. The molecule has 1 saturated heterocycles. The van der Waals surface area contributed by atoms with Crippen LogP contribution in [-0.4, -0.2) is 50.6 Å². The molecular weight excluding hydrogens is 314 g/mol. The summed E-state index contributed by atoms with van der Waals surface area (Å²) in [6.45, 7) is 3.26. The predicted octanol–water partition coefficient (Wildman–Crippen LogP) is 2.02. The molecule has 0 saturated carbocycles. The molecule has 1 fully saturated rings. The number of amides is 1. The van der Waals surface area contributed by atoms with Crippen LogP contribution in [-0.2, 0) is 24.3 Å². The molecular formula is C19H25N5O. The lowest BCUT2D eigenvalue weighted by Crippen LogP contribution is -2.39. The van der Waals surface area contributed by atoms with Crippen LogP contribution in [0.1, 0.15) is 42.5 Å². The SMILES string of the molecule is CN1CCC[C@@H]1c1nnc2n1CCN(C(=O)CCc1ccccc1)C2. The molecule has 2 aromatic rings. The molecule has 6 heteroatoms. The molecule has 1 amide bonds. The van der Waals surface area contributed by atoms with E-state index in [1.165, 1.54) is 12.0 Å². The van der Waals surface area contributed by atoms with Crippen LogP contribution in [0.4, 0.5) is 0 Å². The highest BCUT2D eigenvalue weighted by Crippen LogP contribution is 2.30. The summed E-state index contributed by atoms with van der Waals surface area (Å²) in [5, 5.41) is 8.83. The average molecular weight is 339 g/mol. The van der Waals surface area contributed by atoms with Gasteiger partial charge >= 0.3 is 0 Å². The fourth-order valence-electron chi connectivity index (χ4n) is 3.93. The molecule has 0 radical (unpaired) electrons. The van der Waals surface area contributed by atoms with Crippen molar-refractivity contribution in [3.63, 3.8) is 0 Å². The minimum Gasteiger partial charge on any atom is -0.333 e. The van der Waals surface area contributed by atoms with Gasteiger partial charge in [0.2, 0.25) is 5.91 Å². The number of aromatic nitrogens is 3. The van der Waals surface area contributed by atoms with Crippen LogP contribution < -0.4 is 0 Å². The minimum absolute atomic E-state index is 0.206. The first-order valence-corrected chi connectivity index (χ1v) is 9.16. The van der Waals surface area contributed by atoms with Crippen molar-refractivity contribution in [1.82, 2.24) is 24.6 Å². The Hall–Kier alpha value is -2.21. The summed E-state index contributed by atoms with van der Waals surface area (Å²) in [6, 6.07) is 10.6. The molecule has 4 rings (SSSR count). The first-order chi connectivity index (χ1) is 12.2. The summed E-state index contributed by atoms with van der Waals surface area (Å²) in [5.74, 6) is 2.21. The highest BCUT2D eigenvalue weighted by atomic mass is 16.2. The van der Waals surface area contributed by atoms with E-state index in [2.05, 4.69) is 38.8 Å². The van der Waals surface area contributed by atoms with Gasteiger partial charge in [-0.3, -0.25) is 9.69 Å². The zero-order valence-corrected chi connectivity index (χ0v) is 14.8. The summed E-state index contributed by atoms with van der Waals surface area (Å²) in [6.07, 6.45) is 3.71. The number of carbonyl (C=O) groups is 1. The lowest BCUT2D eigenvalue weighted by molar-refractivity contribution is -0.132. The summed E-state index contributed by atoms with van der Waals surface area (Å²) < 4.78 is 2.23. The molecule has 1 atom stereocenters.